The fraction of sp³-hybridized carbons (Fsp3) is 0.292. The first-order valence-electron chi connectivity index (χ1n) is 10.2. The molecule has 0 radical (unpaired) electrons. The molecule has 0 saturated carbocycles. The lowest BCUT2D eigenvalue weighted by Gasteiger charge is -2.30. The molecule has 29 heavy (non-hydrogen) atoms. The SMILES string of the molecule is CC(C)N(Cc1ccccc1)c1cnc(C(=O)N2CCCc3ccccc32)cn1. The quantitative estimate of drug-likeness (QED) is 0.648. The number of aromatic nitrogens is 2. The zero-order valence-electron chi connectivity index (χ0n) is 17.0. The summed E-state index contributed by atoms with van der Waals surface area (Å²) in [6.45, 7) is 5.73. The predicted octanol–water partition coefficient (Wildman–Crippen LogP) is 4.48. The van der Waals surface area contributed by atoms with Crippen LogP contribution in [0.25, 0.3) is 0 Å². The molecule has 1 aromatic heterocycles. The number of hydrogen-bond acceptors (Lipinski definition) is 4. The number of hydrogen-bond donors (Lipinski definition) is 0. The number of rotatable bonds is 5. The van der Waals surface area contributed by atoms with Gasteiger partial charge in [0.1, 0.15) is 11.5 Å². The van der Waals surface area contributed by atoms with E-state index in [2.05, 4.69) is 46.9 Å². The lowest BCUT2D eigenvalue weighted by molar-refractivity contribution is 0.0980. The van der Waals surface area contributed by atoms with E-state index in [9.17, 15) is 4.79 Å². The van der Waals surface area contributed by atoms with Gasteiger partial charge in [0, 0.05) is 24.8 Å². The van der Waals surface area contributed by atoms with Gasteiger partial charge in [0.2, 0.25) is 0 Å². The smallest absolute Gasteiger partial charge is 0.278 e. The third kappa shape index (κ3) is 4.14. The van der Waals surface area contributed by atoms with E-state index in [1.54, 1.807) is 12.4 Å². The summed E-state index contributed by atoms with van der Waals surface area (Å²) in [5, 5.41) is 0. The second-order valence-electron chi connectivity index (χ2n) is 7.66. The minimum Gasteiger partial charge on any atom is -0.349 e. The van der Waals surface area contributed by atoms with E-state index in [4.69, 9.17) is 0 Å². The molecule has 2 heterocycles. The first-order valence-corrected chi connectivity index (χ1v) is 10.2. The molecule has 1 amide bonds. The maximum atomic E-state index is 13.1. The molecule has 5 heteroatoms. The highest BCUT2D eigenvalue weighted by Crippen LogP contribution is 2.28. The number of amides is 1. The highest BCUT2D eigenvalue weighted by molar-refractivity contribution is 6.05. The van der Waals surface area contributed by atoms with Crippen molar-refractivity contribution < 1.29 is 4.79 Å². The van der Waals surface area contributed by atoms with Crippen LogP contribution in [-0.4, -0.2) is 28.5 Å². The van der Waals surface area contributed by atoms with Crippen molar-refractivity contribution in [2.75, 3.05) is 16.3 Å². The summed E-state index contributed by atoms with van der Waals surface area (Å²) >= 11 is 0. The molecule has 0 N–H and O–H groups in total. The van der Waals surface area contributed by atoms with Crippen LogP contribution in [0.5, 0.6) is 0 Å². The predicted molar refractivity (Wildman–Crippen MR) is 116 cm³/mol. The summed E-state index contributed by atoms with van der Waals surface area (Å²) in [6.07, 6.45) is 5.29. The topological polar surface area (TPSA) is 49.3 Å². The van der Waals surface area contributed by atoms with Gasteiger partial charge in [-0.25, -0.2) is 9.97 Å². The maximum Gasteiger partial charge on any atom is 0.278 e. The molecule has 5 nitrogen and oxygen atoms in total. The Kier molecular flexibility index (Phi) is 5.56. The van der Waals surface area contributed by atoms with Crippen molar-refractivity contribution in [3.8, 4) is 0 Å². The fourth-order valence-electron chi connectivity index (χ4n) is 3.77. The minimum absolute atomic E-state index is 0.0876. The van der Waals surface area contributed by atoms with Gasteiger partial charge in [-0.2, -0.15) is 0 Å². The normalized spacial score (nSPS) is 13.3. The lowest BCUT2D eigenvalue weighted by atomic mass is 10.0. The third-order valence-electron chi connectivity index (χ3n) is 5.33. The molecule has 0 unspecified atom stereocenters. The van der Waals surface area contributed by atoms with Gasteiger partial charge in [-0.3, -0.25) is 4.79 Å². The summed E-state index contributed by atoms with van der Waals surface area (Å²) < 4.78 is 0. The highest BCUT2D eigenvalue weighted by Gasteiger charge is 2.24. The van der Waals surface area contributed by atoms with E-state index < -0.39 is 0 Å². The van der Waals surface area contributed by atoms with Crippen molar-refractivity contribution in [2.24, 2.45) is 0 Å². The molecule has 0 atom stereocenters. The van der Waals surface area contributed by atoms with Crippen molar-refractivity contribution in [3.05, 3.63) is 83.8 Å². The van der Waals surface area contributed by atoms with Crippen LogP contribution in [0.3, 0.4) is 0 Å². The molecule has 1 aliphatic heterocycles. The monoisotopic (exact) mass is 386 g/mol. The number of carbonyl (C=O) groups is 1. The average molecular weight is 386 g/mol. The van der Waals surface area contributed by atoms with Crippen LogP contribution in [0.2, 0.25) is 0 Å². The van der Waals surface area contributed by atoms with Gasteiger partial charge in [0.15, 0.2) is 0 Å². The van der Waals surface area contributed by atoms with E-state index in [-0.39, 0.29) is 11.9 Å². The number of benzene rings is 2. The first kappa shape index (κ1) is 19.1. The van der Waals surface area contributed by atoms with Crippen molar-refractivity contribution in [2.45, 2.75) is 39.3 Å². The number of carbonyl (C=O) groups excluding carboxylic acids is 1. The van der Waals surface area contributed by atoms with Gasteiger partial charge < -0.3 is 9.80 Å². The zero-order chi connectivity index (χ0) is 20.2. The van der Waals surface area contributed by atoms with Crippen molar-refractivity contribution in [3.63, 3.8) is 0 Å². The Labute approximate surface area is 172 Å². The summed E-state index contributed by atoms with van der Waals surface area (Å²) in [4.78, 5) is 26.2. The summed E-state index contributed by atoms with van der Waals surface area (Å²) in [5.74, 6) is 0.690. The van der Waals surface area contributed by atoms with Gasteiger partial charge in [-0.1, -0.05) is 48.5 Å². The third-order valence-corrected chi connectivity index (χ3v) is 5.33. The average Bonchev–Trinajstić information content (AvgIpc) is 2.77. The molecule has 0 bridgehead atoms. The van der Waals surface area contributed by atoms with Gasteiger partial charge >= 0.3 is 0 Å². The summed E-state index contributed by atoms with van der Waals surface area (Å²) in [6, 6.07) is 18.7. The van der Waals surface area contributed by atoms with Crippen LogP contribution >= 0.6 is 0 Å². The zero-order valence-corrected chi connectivity index (χ0v) is 17.0. The van der Waals surface area contributed by atoms with Crippen LogP contribution in [0.1, 0.15) is 41.9 Å². The molecule has 4 rings (SSSR count). The lowest BCUT2D eigenvalue weighted by Crippen LogP contribution is -2.36. The number of fused-ring (bicyclic) bond motifs is 1. The van der Waals surface area contributed by atoms with Crippen LogP contribution in [-0.2, 0) is 13.0 Å². The van der Waals surface area contributed by atoms with Crippen molar-refractivity contribution in [1.29, 1.82) is 0 Å². The Balaban J connectivity index is 1.55. The number of anilines is 2. The number of nitrogens with zero attached hydrogens (tertiary/aromatic N) is 4. The van der Waals surface area contributed by atoms with E-state index >= 15 is 0 Å². The second-order valence-corrected chi connectivity index (χ2v) is 7.66. The van der Waals surface area contributed by atoms with Gasteiger partial charge in [0.25, 0.3) is 5.91 Å². The Hall–Kier alpha value is -3.21. The Morgan fingerprint density at radius 3 is 2.52 bits per heavy atom. The van der Waals surface area contributed by atoms with E-state index in [1.807, 2.05) is 41.3 Å². The first-order chi connectivity index (χ1) is 14.1. The summed E-state index contributed by atoms with van der Waals surface area (Å²) in [5.41, 5.74) is 3.80. The standard InChI is InChI=1S/C24H26N4O/c1-18(2)28(17-19-9-4-3-5-10-19)23-16-25-21(15-26-23)24(29)27-14-8-12-20-11-6-7-13-22(20)27/h3-7,9-11,13,15-16,18H,8,12,14,17H2,1-2H3. The van der Waals surface area contributed by atoms with E-state index in [0.29, 0.717) is 12.2 Å². The molecule has 3 aromatic rings. The fourth-order valence-corrected chi connectivity index (χ4v) is 3.77. The molecule has 2 aromatic carbocycles. The molecule has 148 valence electrons. The highest BCUT2D eigenvalue weighted by atomic mass is 16.2. The number of para-hydroxylation sites is 1. The summed E-state index contributed by atoms with van der Waals surface area (Å²) in [7, 11) is 0. The van der Waals surface area contributed by atoms with Crippen LogP contribution in [0, 0.1) is 0 Å². The molecule has 0 fully saturated rings. The van der Waals surface area contributed by atoms with E-state index in [1.165, 1.54) is 11.1 Å². The molecule has 0 saturated heterocycles. The molecule has 0 spiro atoms. The van der Waals surface area contributed by atoms with E-state index in [0.717, 1.165) is 30.9 Å². The van der Waals surface area contributed by atoms with Gasteiger partial charge in [-0.05, 0) is 43.9 Å². The van der Waals surface area contributed by atoms with Crippen LogP contribution < -0.4 is 9.80 Å². The van der Waals surface area contributed by atoms with Crippen LogP contribution in [0.4, 0.5) is 11.5 Å². The molecule has 0 aliphatic carbocycles. The van der Waals surface area contributed by atoms with Gasteiger partial charge in [-0.15, -0.1) is 0 Å². The second kappa shape index (κ2) is 8.43. The maximum absolute atomic E-state index is 13.1. The molecular formula is C24H26N4O. The molecule has 1 aliphatic rings. The Morgan fingerprint density at radius 1 is 1.03 bits per heavy atom. The number of aryl methyl sites for hydroxylation is 1. The Bertz CT molecular complexity index is 970. The molecular weight excluding hydrogens is 360 g/mol. The van der Waals surface area contributed by atoms with Gasteiger partial charge in [0.05, 0.1) is 12.4 Å². The largest absolute Gasteiger partial charge is 0.349 e. The Morgan fingerprint density at radius 2 is 1.79 bits per heavy atom. The van der Waals surface area contributed by atoms with Crippen molar-refractivity contribution in [1.82, 2.24) is 9.97 Å². The van der Waals surface area contributed by atoms with Crippen LogP contribution in [0.15, 0.2) is 67.0 Å². The van der Waals surface area contributed by atoms with Crippen molar-refractivity contribution >= 4 is 17.4 Å². The minimum atomic E-state index is -0.0876.